The van der Waals surface area contributed by atoms with E-state index in [0.717, 1.165) is 32.1 Å². The first-order valence-corrected chi connectivity index (χ1v) is 7.69. The van der Waals surface area contributed by atoms with Crippen molar-refractivity contribution in [1.82, 2.24) is 0 Å². The molecule has 5 nitrogen and oxygen atoms in total. The highest BCUT2D eigenvalue weighted by Crippen LogP contribution is 2.35. The fourth-order valence-electron chi connectivity index (χ4n) is 2.77. The van der Waals surface area contributed by atoms with Crippen LogP contribution < -0.4 is 10.1 Å². The van der Waals surface area contributed by atoms with Crippen LogP contribution in [-0.4, -0.2) is 25.2 Å². The van der Waals surface area contributed by atoms with Gasteiger partial charge in [0.05, 0.1) is 18.4 Å². The number of nitrogens with one attached hydrogen (secondary N) is 1. The van der Waals surface area contributed by atoms with Crippen molar-refractivity contribution in [2.45, 2.75) is 44.6 Å². The summed E-state index contributed by atoms with van der Waals surface area (Å²) < 4.78 is 11.0. The molecule has 1 aromatic carbocycles. The molecule has 1 saturated carbocycles. The first-order chi connectivity index (χ1) is 10.6. The SMILES string of the molecule is CCCOC1(C(=O)Nc2ccc(OC)cc2C#N)CCCC1. The number of hydrogen-bond acceptors (Lipinski definition) is 4. The van der Waals surface area contributed by atoms with Crippen LogP contribution in [0, 0.1) is 11.3 Å². The summed E-state index contributed by atoms with van der Waals surface area (Å²) >= 11 is 0. The second-order valence-corrected chi connectivity index (χ2v) is 5.53. The molecular weight excluding hydrogens is 280 g/mol. The van der Waals surface area contributed by atoms with Gasteiger partial charge in [0.15, 0.2) is 0 Å². The van der Waals surface area contributed by atoms with Crippen molar-refractivity contribution in [2.75, 3.05) is 19.0 Å². The molecule has 0 aliphatic heterocycles. The predicted molar refractivity (Wildman–Crippen MR) is 83.8 cm³/mol. The van der Waals surface area contributed by atoms with Crippen LogP contribution in [-0.2, 0) is 9.53 Å². The van der Waals surface area contributed by atoms with Crippen molar-refractivity contribution in [1.29, 1.82) is 5.26 Å². The standard InChI is InChI=1S/C17H22N2O3/c1-3-10-22-17(8-4-5-9-17)16(20)19-15-7-6-14(21-2)11-13(15)12-18/h6-7,11H,3-5,8-10H2,1-2H3,(H,19,20). The molecule has 1 amide bonds. The second kappa shape index (κ2) is 7.28. The molecule has 22 heavy (non-hydrogen) atoms. The number of benzene rings is 1. The molecule has 0 radical (unpaired) electrons. The zero-order chi connectivity index (χ0) is 16.0. The van der Waals surface area contributed by atoms with Crippen LogP contribution in [0.1, 0.15) is 44.6 Å². The van der Waals surface area contributed by atoms with Crippen LogP contribution in [0.5, 0.6) is 5.75 Å². The molecule has 5 heteroatoms. The Morgan fingerprint density at radius 1 is 1.41 bits per heavy atom. The lowest BCUT2D eigenvalue weighted by atomic mass is 10.00. The van der Waals surface area contributed by atoms with E-state index in [9.17, 15) is 10.1 Å². The molecule has 2 rings (SSSR count). The first kappa shape index (κ1) is 16.3. The normalized spacial score (nSPS) is 16.0. The highest BCUT2D eigenvalue weighted by atomic mass is 16.5. The molecule has 1 fully saturated rings. The predicted octanol–water partition coefficient (Wildman–Crippen LogP) is 3.24. The Labute approximate surface area is 131 Å². The molecule has 1 aliphatic rings. The van der Waals surface area contributed by atoms with E-state index in [1.807, 2.05) is 6.92 Å². The quantitative estimate of drug-likeness (QED) is 0.875. The molecule has 1 N–H and O–H groups in total. The van der Waals surface area contributed by atoms with Gasteiger partial charge >= 0.3 is 0 Å². The van der Waals surface area contributed by atoms with Crippen molar-refractivity contribution in [3.05, 3.63) is 23.8 Å². The summed E-state index contributed by atoms with van der Waals surface area (Å²) in [5.74, 6) is 0.437. The molecule has 1 aromatic rings. The van der Waals surface area contributed by atoms with Gasteiger partial charge < -0.3 is 14.8 Å². The summed E-state index contributed by atoms with van der Waals surface area (Å²) in [5.41, 5.74) is 0.138. The van der Waals surface area contributed by atoms with E-state index in [4.69, 9.17) is 9.47 Å². The lowest BCUT2D eigenvalue weighted by Gasteiger charge is -2.28. The van der Waals surface area contributed by atoms with Crippen molar-refractivity contribution >= 4 is 11.6 Å². The van der Waals surface area contributed by atoms with Crippen LogP contribution in [0.4, 0.5) is 5.69 Å². The summed E-state index contributed by atoms with van der Waals surface area (Å²) in [4.78, 5) is 12.7. The van der Waals surface area contributed by atoms with Gasteiger partial charge in [-0.15, -0.1) is 0 Å². The number of carbonyl (C=O) groups is 1. The molecule has 1 aliphatic carbocycles. The van der Waals surface area contributed by atoms with Gasteiger partial charge in [0, 0.05) is 6.61 Å². The molecule has 0 aromatic heterocycles. The highest BCUT2D eigenvalue weighted by molar-refractivity contribution is 5.98. The first-order valence-electron chi connectivity index (χ1n) is 7.69. The smallest absolute Gasteiger partial charge is 0.256 e. The minimum atomic E-state index is -0.747. The maximum absolute atomic E-state index is 12.7. The molecule has 0 heterocycles. The van der Waals surface area contributed by atoms with Crippen molar-refractivity contribution in [2.24, 2.45) is 0 Å². The molecule has 0 saturated heterocycles. The average molecular weight is 302 g/mol. The van der Waals surface area contributed by atoms with Crippen molar-refractivity contribution in [3.63, 3.8) is 0 Å². The topological polar surface area (TPSA) is 71.3 Å². The largest absolute Gasteiger partial charge is 0.497 e. The van der Waals surface area contributed by atoms with Crippen LogP contribution in [0.2, 0.25) is 0 Å². The Morgan fingerprint density at radius 2 is 2.14 bits per heavy atom. The third-order valence-electron chi connectivity index (χ3n) is 4.00. The Morgan fingerprint density at radius 3 is 2.73 bits per heavy atom. The zero-order valence-electron chi connectivity index (χ0n) is 13.1. The average Bonchev–Trinajstić information content (AvgIpc) is 3.03. The number of ether oxygens (including phenoxy) is 2. The minimum absolute atomic E-state index is 0.153. The van der Waals surface area contributed by atoms with Crippen LogP contribution in [0.3, 0.4) is 0 Å². The number of amides is 1. The molecule has 0 unspecified atom stereocenters. The van der Waals surface area contributed by atoms with Crippen molar-refractivity contribution in [3.8, 4) is 11.8 Å². The number of nitrogens with zero attached hydrogens (tertiary/aromatic N) is 1. The maximum atomic E-state index is 12.7. The summed E-state index contributed by atoms with van der Waals surface area (Å²) in [6, 6.07) is 7.12. The van der Waals surface area contributed by atoms with Crippen LogP contribution in [0.25, 0.3) is 0 Å². The maximum Gasteiger partial charge on any atom is 0.256 e. The van der Waals surface area contributed by atoms with E-state index < -0.39 is 5.60 Å². The number of rotatable bonds is 6. The second-order valence-electron chi connectivity index (χ2n) is 5.53. The fourth-order valence-corrected chi connectivity index (χ4v) is 2.77. The van der Waals surface area contributed by atoms with E-state index in [1.165, 1.54) is 0 Å². The molecule has 0 spiro atoms. The molecule has 0 atom stereocenters. The third kappa shape index (κ3) is 3.40. The van der Waals surface area contributed by atoms with Gasteiger partial charge in [0.2, 0.25) is 0 Å². The minimum Gasteiger partial charge on any atom is -0.497 e. The van der Waals surface area contributed by atoms with E-state index in [2.05, 4.69) is 11.4 Å². The number of hydrogen-bond donors (Lipinski definition) is 1. The van der Waals surface area contributed by atoms with Crippen LogP contribution >= 0.6 is 0 Å². The van der Waals surface area contributed by atoms with Gasteiger partial charge in [-0.2, -0.15) is 5.26 Å². The Balaban J connectivity index is 2.18. The van der Waals surface area contributed by atoms with E-state index in [1.54, 1.807) is 25.3 Å². The van der Waals surface area contributed by atoms with E-state index in [0.29, 0.717) is 23.6 Å². The van der Waals surface area contributed by atoms with Gasteiger partial charge in [0.1, 0.15) is 17.4 Å². The summed E-state index contributed by atoms with van der Waals surface area (Å²) in [6.45, 7) is 2.60. The van der Waals surface area contributed by atoms with Crippen molar-refractivity contribution < 1.29 is 14.3 Å². The fraction of sp³-hybridized carbons (Fsp3) is 0.529. The lowest BCUT2D eigenvalue weighted by Crippen LogP contribution is -2.43. The van der Waals surface area contributed by atoms with Gasteiger partial charge in [0.25, 0.3) is 5.91 Å². The zero-order valence-corrected chi connectivity index (χ0v) is 13.1. The number of carbonyl (C=O) groups excluding carboxylic acids is 1. The van der Waals surface area contributed by atoms with Crippen LogP contribution in [0.15, 0.2) is 18.2 Å². The molecular formula is C17H22N2O3. The van der Waals surface area contributed by atoms with E-state index >= 15 is 0 Å². The van der Waals surface area contributed by atoms with E-state index in [-0.39, 0.29) is 5.91 Å². The summed E-state index contributed by atoms with van der Waals surface area (Å²) in [7, 11) is 1.54. The Bertz CT molecular complexity index is 572. The Hall–Kier alpha value is -2.06. The number of nitriles is 1. The highest BCUT2D eigenvalue weighted by Gasteiger charge is 2.42. The van der Waals surface area contributed by atoms with Gasteiger partial charge in [-0.3, -0.25) is 4.79 Å². The lowest BCUT2D eigenvalue weighted by molar-refractivity contribution is -0.140. The van der Waals surface area contributed by atoms with Gasteiger partial charge in [-0.05, 0) is 50.3 Å². The summed E-state index contributed by atoms with van der Waals surface area (Å²) in [6.07, 6.45) is 4.32. The third-order valence-corrected chi connectivity index (χ3v) is 4.00. The number of methoxy groups -OCH3 is 1. The Kier molecular flexibility index (Phi) is 5.40. The monoisotopic (exact) mass is 302 g/mol. The summed E-state index contributed by atoms with van der Waals surface area (Å²) in [5, 5.41) is 12.1. The number of anilines is 1. The van der Waals surface area contributed by atoms with Gasteiger partial charge in [-0.25, -0.2) is 0 Å². The van der Waals surface area contributed by atoms with Gasteiger partial charge in [-0.1, -0.05) is 6.92 Å². The molecule has 118 valence electrons. The molecule has 0 bridgehead atoms.